The highest BCUT2D eigenvalue weighted by Gasteiger charge is 2.27. The van der Waals surface area contributed by atoms with Crippen molar-refractivity contribution in [2.75, 3.05) is 0 Å². The molecule has 0 radical (unpaired) electrons. The Morgan fingerprint density at radius 3 is 2.18 bits per heavy atom. The van der Waals surface area contributed by atoms with Crippen LogP contribution >= 0.6 is 33.2 Å². The van der Waals surface area contributed by atoms with Crippen molar-refractivity contribution in [1.82, 2.24) is 0 Å². The molecule has 1 N–H and O–H groups in total. The van der Waals surface area contributed by atoms with Gasteiger partial charge in [-0.2, -0.15) is 0 Å². The topological polar surface area (TPSA) is 20.2 Å². The van der Waals surface area contributed by atoms with Crippen LogP contribution in [0.1, 0.15) is 0 Å². The lowest BCUT2D eigenvalue weighted by Gasteiger charge is -2.07. The van der Waals surface area contributed by atoms with Crippen LogP contribution in [-0.4, -0.2) is 11.1 Å². The SMILES string of the molecule is Oc1cccc([Si](Cl)(Cl)Cl)c1. The molecule has 60 valence electrons. The van der Waals surface area contributed by atoms with E-state index in [1.54, 1.807) is 12.1 Å². The quantitative estimate of drug-likeness (QED) is 0.576. The van der Waals surface area contributed by atoms with Crippen LogP contribution in [0.5, 0.6) is 5.75 Å². The van der Waals surface area contributed by atoms with Gasteiger partial charge in [-0.05, 0) is 17.3 Å². The van der Waals surface area contributed by atoms with Gasteiger partial charge in [-0.25, -0.2) is 0 Å². The van der Waals surface area contributed by atoms with Crippen molar-refractivity contribution in [1.29, 1.82) is 0 Å². The molecule has 0 unspecified atom stereocenters. The van der Waals surface area contributed by atoms with Gasteiger partial charge in [0, 0.05) is 0 Å². The zero-order valence-electron chi connectivity index (χ0n) is 5.39. The highest BCUT2D eigenvalue weighted by Crippen LogP contribution is 2.20. The van der Waals surface area contributed by atoms with Gasteiger partial charge in [-0.15, -0.1) is 33.2 Å². The highest BCUT2D eigenvalue weighted by molar-refractivity contribution is 7.69. The minimum atomic E-state index is -2.81. The second-order valence-corrected chi connectivity index (χ2v) is 10.5. The Kier molecular flexibility index (Phi) is 2.70. The molecule has 1 aromatic rings. The molecule has 0 saturated carbocycles. The molecule has 1 rings (SSSR count). The Morgan fingerprint density at radius 2 is 1.82 bits per heavy atom. The van der Waals surface area contributed by atoms with Crippen LogP contribution in [0, 0.1) is 0 Å². The maximum Gasteiger partial charge on any atom is 0.373 e. The van der Waals surface area contributed by atoms with E-state index in [1.165, 1.54) is 12.1 Å². The molecule has 0 aromatic heterocycles. The van der Waals surface area contributed by atoms with Crippen molar-refractivity contribution < 1.29 is 5.11 Å². The molecule has 11 heavy (non-hydrogen) atoms. The third-order valence-corrected chi connectivity index (χ3v) is 4.10. The first-order chi connectivity index (χ1) is 5.00. The van der Waals surface area contributed by atoms with Gasteiger partial charge in [0.2, 0.25) is 0 Å². The summed E-state index contributed by atoms with van der Waals surface area (Å²) in [6.45, 7) is 0. The molecular formula is C6H5Cl3OSi. The molecule has 0 saturated heterocycles. The summed E-state index contributed by atoms with van der Waals surface area (Å²) < 4.78 is 0. The number of phenols is 1. The first kappa shape index (κ1) is 9.20. The Morgan fingerprint density at radius 1 is 1.18 bits per heavy atom. The fraction of sp³-hybridized carbons (Fsp3) is 0. The number of aromatic hydroxyl groups is 1. The van der Waals surface area contributed by atoms with Gasteiger partial charge in [0.25, 0.3) is 0 Å². The lowest BCUT2D eigenvalue weighted by molar-refractivity contribution is 0.476. The number of hydrogen-bond donors (Lipinski definition) is 1. The first-order valence-electron chi connectivity index (χ1n) is 2.86. The predicted molar refractivity (Wildman–Crippen MR) is 51.1 cm³/mol. The summed E-state index contributed by atoms with van der Waals surface area (Å²) in [7, 11) is 0. The zero-order valence-corrected chi connectivity index (χ0v) is 8.66. The van der Waals surface area contributed by atoms with Crippen molar-refractivity contribution in [3.05, 3.63) is 24.3 Å². The zero-order chi connectivity index (χ0) is 8.48. The molecule has 5 heteroatoms. The van der Waals surface area contributed by atoms with E-state index in [0.29, 0.717) is 5.19 Å². The Hall–Kier alpha value is 0.107. The molecule has 0 aliphatic carbocycles. The summed E-state index contributed by atoms with van der Waals surface area (Å²) in [6, 6.07) is 3.55. The summed E-state index contributed by atoms with van der Waals surface area (Å²) >= 11 is 17.1. The van der Waals surface area contributed by atoms with Crippen molar-refractivity contribution in [2.45, 2.75) is 0 Å². The van der Waals surface area contributed by atoms with Crippen LogP contribution in [0.15, 0.2) is 24.3 Å². The van der Waals surface area contributed by atoms with Crippen molar-refractivity contribution in [3.8, 4) is 5.75 Å². The van der Waals surface area contributed by atoms with Crippen LogP contribution in [0.3, 0.4) is 0 Å². The van der Waals surface area contributed by atoms with E-state index < -0.39 is 6.00 Å². The van der Waals surface area contributed by atoms with Crippen LogP contribution in [-0.2, 0) is 0 Å². The lowest BCUT2D eigenvalue weighted by Crippen LogP contribution is -2.29. The summed E-state index contributed by atoms with van der Waals surface area (Å²) in [5.74, 6) is 0.126. The first-order valence-corrected chi connectivity index (χ1v) is 7.90. The lowest BCUT2D eigenvalue weighted by atomic mass is 10.3. The highest BCUT2D eigenvalue weighted by atomic mass is 35.8. The largest absolute Gasteiger partial charge is 0.508 e. The van der Waals surface area contributed by atoms with Crippen LogP contribution in [0.25, 0.3) is 0 Å². The fourth-order valence-electron chi connectivity index (χ4n) is 0.682. The monoisotopic (exact) mass is 226 g/mol. The smallest absolute Gasteiger partial charge is 0.373 e. The maximum atomic E-state index is 9.02. The molecule has 1 nitrogen and oxygen atoms in total. The van der Waals surface area contributed by atoms with E-state index in [-0.39, 0.29) is 5.75 Å². The minimum Gasteiger partial charge on any atom is -0.508 e. The number of phenolic OH excluding ortho intramolecular Hbond substituents is 1. The number of rotatable bonds is 1. The normalized spacial score (nSPS) is 11.5. The van der Waals surface area contributed by atoms with E-state index in [1.807, 2.05) is 0 Å². The number of halogens is 3. The molecule has 0 atom stereocenters. The number of benzene rings is 1. The van der Waals surface area contributed by atoms with Gasteiger partial charge in [-0.1, -0.05) is 12.1 Å². The second kappa shape index (κ2) is 3.23. The Bertz CT molecular complexity index is 258. The Labute approximate surface area is 79.6 Å². The predicted octanol–water partition coefficient (Wildman–Crippen LogP) is 2.25. The molecule has 1 aromatic carbocycles. The summed E-state index contributed by atoms with van der Waals surface area (Å²) in [6.07, 6.45) is 0. The van der Waals surface area contributed by atoms with Crippen LogP contribution in [0.4, 0.5) is 0 Å². The van der Waals surface area contributed by atoms with Crippen molar-refractivity contribution in [2.24, 2.45) is 0 Å². The maximum absolute atomic E-state index is 9.02. The standard InChI is InChI=1S/C6H5Cl3OSi/c7-11(8,9)6-3-1-2-5(10)4-6/h1-4,10H. The van der Waals surface area contributed by atoms with Gasteiger partial charge in [0.1, 0.15) is 5.75 Å². The van der Waals surface area contributed by atoms with Gasteiger partial charge in [0.15, 0.2) is 0 Å². The molecule has 0 amide bonds. The molecular weight excluding hydrogens is 223 g/mol. The van der Waals surface area contributed by atoms with Gasteiger partial charge in [0.05, 0.1) is 0 Å². The van der Waals surface area contributed by atoms with Gasteiger partial charge in [-0.3, -0.25) is 0 Å². The minimum absolute atomic E-state index is 0.126. The van der Waals surface area contributed by atoms with Crippen LogP contribution in [0.2, 0.25) is 0 Å². The molecule has 0 fully saturated rings. The van der Waals surface area contributed by atoms with Crippen molar-refractivity contribution in [3.63, 3.8) is 0 Å². The van der Waals surface area contributed by atoms with E-state index in [0.717, 1.165) is 0 Å². The molecule has 0 heterocycles. The summed E-state index contributed by atoms with van der Waals surface area (Å²) in [5.41, 5.74) is 0. The summed E-state index contributed by atoms with van der Waals surface area (Å²) in [4.78, 5) is 0. The van der Waals surface area contributed by atoms with Crippen molar-refractivity contribution >= 4 is 44.4 Å². The third kappa shape index (κ3) is 2.56. The van der Waals surface area contributed by atoms with Crippen LogP contribution < -0.4 is 5.19 Å². The van der Waals surface area contributed by atoms with E-state index in [4.69, 9.17) is 38.3 Å². The van der Waals surface area contributed by atoms with E-state index in [9.17, 15) is 0 Å². The Balaban J connectivity index is 3.06. The fourth-order valence-corrected chi connectivity index (χ4v) is 2.34. The van der Waals surface area contributed by atoms with Gasteiger partial charge >= 0.3 is 6.00 Å². The molecule has 0 bridgehead atoms. The van der Waals surface area contributed by atoms with E-state index >= 15 is 0 Å². The molecule has 0 aliphatic rings. The number of hydrogen-bond acceptors (Lipinski definition) is 1. The third-order valence-electron chi connectivity index (χ3n) is 1.17. The average Bonchev–Trinajstić information content (AvgIpc) is 1.86. The summed E-state index contributed by atoms with van der Waals surface area (Å²) in [5, 5.41) is 9.62. The molecule has 0 spiro atoms. The van der Waals surface area contributed by atoms with E-state index in [2.05, 4.69) is 0 Å². The molecule has 0 aliphatic heterocycles. The van der Waals surface area contributed by atoms with Gasteiger partial charge < -0.3 is 5.11 Å². The average molecular weight is 228 g/mol. The second-order valence-electron chi connectivity index (χ2n) is 2.05.